The number of allylic oxidation sites excluding steroid dienone is 2. The Hall–Kier alpha value is -0.260. The summed E-state index contributed by atoms with van der Waals surface area (Å²) in [6, 6.07) is 0. The molecule has 0 unspecified atom stereocenters. The Labute approximate surface area is 94.1 Å². The summed E-state index contributed by atoms with van der Waals surface area (Å²) in [7, 11) is 0. The lowest BCUT2D eigenvalue weighted by Gasteiger charge is -2.36. The van der Waals surface area contributed by atoms with Gasteiger partial charge in [-0.2, -0.15) is 0 Å². The summed E-state index contributed by atoms with van der Waals surface area (Å²) < 4.78 is 0. The highest BCUT2D eigenvalue weighted by Gasteiger charge is 2.62. The maximum atomic E-state index is 2.57. The summed E-state index contributed by atoms with van der Waals surface area (Å²) in [4.78, 5) is 0. The Bertz CT molecular complexity index is 323. The molecule has 2 bridgehead atoms. The fourth-order valence-corrected chi connectivity index (χ4v) is 5.35. The van der Waals surface area contributed by atoms with Gasteiger partial charge < -0.3 is 0 Å². The van der Waals surface area contributed by atoms with Crippen molar-refractivity contribution in [1.82, 2.24) is 0 Å². The van der Waals surface area contributed by atoms with E-state index < -0.39 is 0 Å². The van der Waals surface area contributed by atoms with E-state index in [0.717, 1.165) is 17.8 Å². The summed E-state index contributed by atoms with van der Waals surface area (Å²) in [5.41, 5.74) is 2.96. The van der Waals surface area contributed by atoms with E-state index in [2.05, 4.69) is 33.8 Å². The molecule has 0 aromatic carbocycles. The SMILES string of the molecule is CC1=CC[C@]23C[C@H]1C(C)(C)[C@H]2CC[C@@H]3C. The quantitative estimate of drug-likeness (QED) is 0.513. The van der Waals surface area contributed by atoms with E-state index in [1.165, 1.54) is 25.7 Å². The molecular formula is C15H24. The molecule has 3 aliphatic rings. The molecule has 4 atom stereocenters. The minimum absolute atomic E-state index is 0.571. The van der Waals surface area contributed by atoms with E-state index in [0.29, 0.717) is 10.8 Å². The van der Waals surface area contributed by atoms with Gasteiger partial charge in [-0.3, -0.25) is 0 Å². The summed E-state index contributed by atoms with van der Waals surface area (Å²) in [5, 5.41) is 0. The first-order chi connectivity index (χ1) is 6.98. The average molecular weight is 204 g/mol. The number of hydrogen-bond acceptors (Lipinski definition) is 0. The molecule has 0 N–H and O–H groups in total. The predicted molar refractivity (Wildman–Crippen MR) is 64.6 cm³/mol. The second-order valence-corrected chi connectivity index (χ2v) is 6.99. The average Bonchev–Trinajstić information content (AvgIpc) is 2.57. The van der Waals surface area contributed by atoms with Gasteiger partial charge in [0.15, 0.2) is 0 Å². The zero-order chi connectivity index (χ0) is 10.8. The molecular weight excluding hydrogens is 180 g/mol. The third-order valence-corrected chi connectivity index (χ3v) is 6.30. The Morgan fingerprint density at radius 3 is 2.73 bits per heavy atom. The molecule has 0 amide bonds. The van der Waals surface area contributed by atoms with Crippen molar-refractivity contribution in [2.45, 2.75) is 53.4 Å². The first-order valence-corrected chi connectivity index (χ1v) is 6.65. The van der Waals surface area contributed by atoms with Crippen LogP contribution in [0, 0.1) is 28.6 Å². The molecule has 0 saturated heterocycles. The van der Waals surface area contributed by atoms with Gasteiger partial charge in [-0.25, -0.2) is 0 Å². The molecule has 2 fully saturated rings. The lowest BCUT2D eigenvalue weighted by atomic mass is 9.68. The fourth-order valence-electron chi connectivity index (χ4n) is 5.35. The van der Waals surface area contributed by atoms with Gasteiger partial charge in [0.25, 0.3) is 0 Å². The maximum absolute atomic E-state index is 2.57. The third-order valence-electron chi connectivity index (χ3n) is 6.30. The molecule has 2 saturated carbocycles. The molecule has 15 heavy (non-hydrogen) atoms. The first kappa shape index (κ1) is 9.93. The fraction of sp³-hybridized carbons (Fsp3) is 0.867. The number of fused-ring (bicyclic) bond motifs is 1. The maximum Gasteiger partial charge on any atom is -0.0146 e. The van der Waals surface area contributed by atoms with Crippen molar-refractivity contribution in [1.29, 1.82) is 0 Å². The van der Waals surface area contributed by atoms with E-state index in [-0.39, 0.29) is 0 Å². The molecule has 3 rings (SSSR count). The van der Waals surface area contributed by atoms with Crippen LogP contribution < -0.4 is 0 Å². The normalized spacial score (nSPS) is 51.5. The summed E-state index contributed by atoms with van der Waals surface area (Å²) >= 11 is 0. The van der Waals surface area contributed by atoms with Crippen LogP contribution in [0.25, 0.3) is 0 Å². The van der Waals surface area contributed by atoms with Crippen LogP contribution >= 0.6 is 0 Å². The molecule has 84 valence electrons. The Balaban J connectivity index is 2.11. The molecule has 0 radical (unpaired) electrons. The van der Waals surface area contributed by atoms with Crippen LogP contribution in [0.5, 0.6) is 0 Å². The van der Waals surface area contributed by atoms with E-state index in [9.17, 15) is 0 Å². The minimum atomic E-state index is 0.571. The predicted octanol–water partition coefficient (Wildman–Crippen LogP) is 4.42. The van der Waals surface area contributed by atoms with Crippen molar-refractivity contribution in [2.75, 3.05) is 0 Å². The van der Waals surface area contributed by atoms with Gasteiger partial charge in [0.1, 0.15) is 0 Å². The second kappa shape index (κ2) is 2.70. The summed E-state index contributed by atoms with van der Waals surface area (Å²) in [6.45, 7) is 9.94. The van der Waals surface area contributed by atoms with Crippen LogP contribution in [0.2, 0.25) is 0 Å². The van der Waals surface area contributed by atoms with Crippen LogP contribution in [0.1, 0.15) is 53.4 Å². The lowest BCUT2D eigenvalue weighted by Crippen LogP contribution is -2.30. The zero-order valence-electron chi connectivity index (χ0n) is 10.6. The zero-order valence-corrected chi connectivity index (χ0v) is 10.6. The van der Waals surface area contributed by atoms with Crippen LogP contribution in [-0.4, -0.2) is 0 Å². The molecule has 1 spiro atoms. The van der Waals surface area contributed by atoms with Crippen LogP contribution in [0.15, 0.2) is 11.6 Å². The molecule has 0 aromatic heterocycles. The smallest absolute Gasteiger partial charge is 0.0146 e. The summed E-state index contributed by atoms with van der Waals surface area (Å²) in [5.74, 6) is 2.86. The van der Waals surface area contributed by atoms with Gasteiger partial charge in [0.05, 0.1) is 0 Å². The Morgan fingerprint density at radius 1 is 1.27 bits per heavy atom. The van der Waals surface area contributed by atoms with E-state index >= 15 is 0 Å². The van der Waals surface area contributed by atoms with Crippen LogP contribution in [0.4, 0.5) is 0 Å². The van der Waals surface area contributed by atoms with Crippen molar-refractivity contribution in [2.24, 2.45) is 28.6 Å². The van der Waals surface area contributed by atoms with Gasteiger partial charge in [0, 0.05) is 0 Å². The van der Waals surface area contributed by atoms with Crippen molar-refractivity contribution in [3.8, 4) is 0 Å². The van der Waals surface area contributed by atoms with Gasteiger partial charge in [-0.1, -0.05) is 32.4 Å². The largest absolute Gasteiger partial charge is 0.0847 e. The molecule has 0 aliphatic heterocycles. The third kappa shape index (κ3) is 0.990. The van der Waals surface area contributed by atoms with Gasteiger partial charge in [0.2, 0.25) is 0 Å². The highest BCUT2D eigenvalue weighted by molar-refractivity contribution is 5.25. The van der Waals surface area contributed by atoms with Crippen LogP contribution in [-0.2, 0) is 0 Å². The summed E-state index contributed by atoms with van der Waals surface area (Å²) in [6.07, 6.45) is 8.41. The van der Waals surface area contributed by atoms with E-state index in [1.807, 2.05) is 0 Å². The molecule has 0 nitrogen and oxygen atoms in total. The molecule has 0 aromatic rings. The minimum Gasteiger partial charge on any atom is -0.0847 e. The highest BCUT2D eigenvalue weighted by atomic mass is 14.7. The first-order valence-electron chi connectivity index (χ1n) is 6.65. The molecule has 3 aliphatic carbocycles. The number of hydrogen-bond donors (Lipinski definition) is 0. The Morgan fingerprint density at radius 2 is 2.00 bits per heavy atom. The second-order valence-electron chi connectivity index (χ2n) is 6.99. The van der Waals surface area contributed by atoms with Crippen molar-refractivity contribution in [3.05, 3.63) is 11.6 Å². The van der Waals surface area contributed by atoms with Crippen molar-refractivity contribution < 1.29 is 0 Å². The topological polar surface area (TPSA) is 0 Å². The van der Waals surface area contributed by atoms with Gasteiger partial charge >= 0.3 is 0 Å². The number of rotatable bonds is 0. The lowest BCUT2D eigenvalue weighted by molar-refractivity contribution is 0.128. The molecule has 0 heterocycles. The van der Waals surface area contributed by atoms with Gasteiger partial charge in [-0.15, -0.1) is 0 Å². The van der Waals surface area contributed by atoms with E-state index in [4.69, 9.17) is 0 Å². The standard InChI is InChI=1S/C15H24/c1-10-7-8-15-9-12(10)14(3,4)13(15)6-5-11(15)2/h7,11-13H,5-6,8-9H2,1-4H3/t11-,12+,13+,15+/m0/s1. The highest BCUT2D eigenvalue weighted by Crippen LogP contribution is 2.71. The van der Waals surface area contributed by atoms with Crippen molar-refractivity contribution >= 4 is 0 Å². The van der Waals surface area contributed by atoms with Crippen molar-refractivity contribution in [3.63, 3.8) is 0 Å². The van der Waals surface area contributed by atoms with E-state index in [1.54, 1.807) is 5.57 Å². The monoisotopic (exact) mass is 204 g/mol. The Kier molecular flexibility index (Phi) is 1.79. The molecule has 0 heteroatoms. The van der Waals surface area contributed by atoms with Gasteiger partial charge in [-0.05, 0) is 61.2 Å². The van der Waals surface area contributed by atoms with Crippen LogP contribution in [0.3, 0.4) is 0 Å².